The number of nitrogens with one attached hydrogen (secondary N) is 2. The lowest BCUT2D eigenvalue weighted by molar-refractivity contribution is 0.202. The van der Waals surface area contributed by atoms with Gasteiger partial charge in [-0.05, 0) is 61.3 Å². The number of thiophene rings is 2. The molecule has 0 saturated heterocycles. The first-order chi connectivity index (χ1) is 15.8. The van der Waals surface area contributed by atoms with Gasteiger partial charge in [0.15, 0.2) is 0 Å². The molecule has 34 heavy (non-hydrogen) atoms. The van der Waals surface area contributed by atoms with Crippen LogP contribution in [0, 0.1) is 0 Å². The topological polar surface area (TPSA) is 42.5 Å². The zero-order chi connectivity index (χ0) is 21.9. The number of para-hydroxylation sites is 2. The van der Waals surface area contributed by atoms with Gasteiger partial charge in [0.05, 0.1) is 0 Å². The maximum Gasteiger partial charge on any atom is 0.138 e. The fourth-order valence-electron chi connectivity index (χ4n) is 4.20. The maximum atomic E-state index is 6.00. The zero-order valence-electron chi connectivity index (χ0n) is 18.9. The van der Waals surface area contributed by atoms with Gasteiger partial charge in [0.1, 0.15) is 23.7 Å². The van der Waals surface area contributed by atoms with Gasteiger partial charge in [-0.15, -0.1) is 47.5 Å². The number of halogens is 2. The Bertz CT molecular complexity index is 1120. The molecular weight excluding hydrogens is 507 g/mol. The lowest BCUT2D eigenvalue weighted by Gasteiger charge is -2.26. The van der Waals surface area contributed by atoms with Gasteiger partial charge in [-0.2, -0.15) is 0 Å². The summed E-state index contributed by atoms with van der Waals surface area (Å²) in [6.07, 6.45) is 0.280. The quantitative estimate of drug-likeness (QED) is 0.296. The van der Waals surface area contributed by atoms with Crippen molar-refractivity contribution in [1.29, 1.82) is 0 Å². The summed E-state index contributed by atoms with van der Waals surface area (Å²) in [4.78, 5) is 2.70. The minimum absolute atomic E-state index is 0. The number of hydrogen-bond donors (Lipinski definition) is 2. The summed E-state index contributed by atoms with van der Waals surface area (Å²) >= 11 is 3.58. The normalized spacial score (nSPS) is 16.4. The van der Waals surface area contributed by atoms with Crippen molar-refractivity contribution >= 4 is 47.5 Å². The molecule has 0 fully saturated rings. The minimum atomic E-state index is 0. The van der Waals surface area contributed by atoms with Crippen molar-refractivity contribution in [3.63, 3.8) is 0 Å². The third-order valence-corrected chi connectivity index (χ3v) is 7.59. The van der Waals surface area contributed by atoms with Gasteiger partial charge in [-0.1, -0.05) is 24.3 Å². The first-order valence-corrected chi connectivity index (χ1v) is 12.5. The smallest absolute Gasteiger partial charge is 0.138 e. The predicted octanol–water partition coefficient (Wildman–Crippen LogP) is 6.98. The molecule has 4 heterocycles. The summed E-state index contributed by atoms with van der Waals surface area (Å²) in [5.74, 6) is 2.00. The van der Waals surface area contributed by atoms with Crippen LogP contribution in [-0.4, -0.2) is 27.2 Å². The van der Waals surface area contributed by atoms with Gasteiger partial charge in [0.25, 0.3) is 0 Å². The summed E-state index contributed by atoms with van der Waals surface area (Å²) in [6, 6.07) is 20.8. The molecular formula is C26H28Cl2N2O2S2. The molecule has 0 saturated carbocycles. The van der Waals surface area contributed by atoms with Gasteiger partial charge in [-0.3, -0.25) is 0 Å². The monoisotopic (exact) mass is 534 g/mol. The van der Waals surface area contributed by atoms with Gasteiger partial charge in [0, 0.05) is 45.1 Å². The van der Waals surface area contributed by atoms with Crippen molar-refractivity contribution in [1.82, 2.24) is 10.6 Å². The Morgan fingerprint density at radius 3 is 1.47 bits per heavy atom. The average molecular weight is 536 g/mol. The Balaban J connectivity index is 0.000000180. The SMILES string of the molecule is CNCC1Oc2ccccc2-c2sccc21.CNCC1Oc2ccccc2-c2sccc21.Cl.Cl. The molecule has 2 unspecified atom stereocenters. The van der Waals surface area contributed by atoms with Gasteiger partial charge < -0.3 is 20.1 Å². The third kappa shape index (κ3) is 5.13. The highest BCUT2D eigenvalue weighted by Crippen LogP contribution is 2.45. The predicted molar refractivity (Wildman–Crippen MR) is 149 cm³/mol. The van der Waals surface area contributed by atoms with Crippen LogP contribution >= 0.6 is 47.5 Å². The molecule has 2 N–H and O–H groups in total. The molecule has 0 radical (unpaired) electrons. The van der Waals surface area contributed by atoms with Gasteiger partial charge in [-0.25, -0.2) is 0 Å². The molecule has 0 amide bonds. The number of ether oxygens (including phenoxy) is 2. The van der Waals surface area contributed by atoms with Crippen LogP contribution in [0.4, 0.5) is 0 Å². The zero-order valence-corrected chi connectivity index (χ0v) is 22.2. The van der Waals surface area contributed by atoms with E-state index in [1.54, 1.807) is 22.7 Å². The highest BCUT2D eigenvalue weighted by molar-refractivity contribution is 7.14. The van der Waals surface area contributed by atoms with E-state index in [1.807, 2.05) is 38.4 Å². The Morgan fingerprint density at radius 1 is 0.647 bits per heavy atom. The number of likely N-dealkylation sites (N-methyl/N-ethyl adjacent to an activating group) is 2. The van der Waals surface area contributed by atoms with Crippen LogP contribution in [0.1, 0.15) is 23.3 Å². The van der Waals surface area contributed by atoms with Crippen LogP contribution in [0.3, 0.4) is 0 Å². The Kier molecular flexibility index (Phi) is 9.42. The fraction of sp³-hybridized carbons (Fsp3) is 0.231. The summed E-state index contributed by atoms with van der Waals surface area (Å²) in [5.41, 5.74) is 5.05. The first-order valence-electron chi connectivity index (χ1n) is 10.8. The van der Waals surface area contributed by atoms with Gasteiger partial charge in [0.2, 0.25) is 0 Å². The third-order valence-electron chi connectivity index (χ3n) is 5.67. The second-order valence-corrected chi connectivity index (χ2v) is 9.56. The van der Waals surface area contributed by atoms with E-state index in [2.05, 4.69) is 57.8 Å². The van der Waals surface area contributed by atoms with Crippen LogP contribution in [0.5, 0.6) is 11.5 Å². The summed E-state index contributed by atoms with van der Waals surface area (Å²) in [7, 11) is 3.91. The Morgan fingerprint density at radius 2 is 1.06 bits per heavy atom. The van der Waals surface area contributed by atoms with Crippen LogP contribution in [0.2, 0.25) is 0 Å². The molecule has 8 heteroatoms. The summed E-state index contributed by atoms with van der Waals surface area (Å²) < 4.78 is 12.0. The molecule has 0 bridgehead atoms. The van der Waals surface area contributed by atoms with Crippen molar-refractivity contribution < 1.29 is 9.47 Å². The van der Waals surface area contributed by atoms with E-state index >= 15 is 0 Å². The molecule has 4 nitrogen and oxygen atoms in total. The van der Waals surface area contributed by atoms with E-state index in [0.29, 0.717) is 0 Å². The highest BCUT2D eigenvalue weighted by atomic mass is 35.5. The summed E-state index contributed by atoms with van der Waals surface area (Å²) in [6.45, 7) is 1.69. The molecule has 0 spiro atoms. The molecule has 0 aliphatic carbocycles. The van der Waals surface area contributed by atoms with E-state index in [9.17, 15) is 0 Å². The number of hydrogen-bond acceptors (Lipinski definition) is 6. The Labute approximate surface area is 221 Å². The first kappa shape index (κ1) is 26.5. The van der Waals surface area contributed by atoms with Crippen LogP contribution in [-0.2, 0) is 0 Å². The summed E-state index contributed by atoms with van der Waals surface area (Å²) in [5, 5.41) is 10.6. The highest BCUT2D eigenvalue weighted by Gasteiger charge is 2.27. The number of fused-ring (bicyclic) bond motifs is 6. The average Bonchev–Trinajstić information content (AvgIpc) is 3.51. The standard InChI is InChI=1S/2C13H13NOS.2ClH/c2*1-14-8-12-10-6-7-16-13(10)9-4-2-3-5-11(9)15-12;;/h2*2-7,12,14H,8H2,1H3;2*1H. The number of benzene rings is 2. The Hall–Kier alpha value is -2.06. The molecule has 4 aromatic rings. The van der Waals surface area contributed by atoms with Crippen molar-refractivity contribution in [3.05, 3.63) is 82.6 Å². The van der Waals surface area contributed by atoms with E-state index in [-0.39, 0.29) is 37.0 Å². The second kappa shape index (κ2) is 12.1. The minimum Gasteiger partial charge on any atom is -0.484 e. The molecule has 2 aromatic heterocycles. The van der Waals surface area contributed by atoms with E-state index < -0.39 is 0 Å². The van der Waals surface area contributed by atoms with Crippen LogP contribution in [0.15, 0.2) is 71.4 Å². The lowest BCUT2D eigenvalue weighted by atomic mass is 10.0. The molecule has 2 aromatic carbocycles. The molecule has 2 atom stereocenters. The second-order valence-electron chi connectivity index (χ2n) is 7.73. The molecule has 2 aliphatic heterocycles. The fourth-order valence-corrected chi connectivity index (χ4v) is 6.17. The van der Waals surface area contributed by atoms with E-state index in [4.69, 9.17) is 9.47 Å². The lowest BCUT2D eigenvalue weighted by Crippen LogP contribution is -2.23. The maximum absolute atomic E-state index is 6.00. The van der Waals surface area contributed by atoms with E-state index in [0.717, 1.165) is 24.6 Å². The molecule has 6 rings (SSSR count). The molecule has 2 aliphatic rings. The van der Waals surface area contributed by atoms with Crippen molar-refractivity contribution in [2.24, 2.45) is 0 Å². The van der Waals surface area contributed by atoms with Crippen molar-refractivity contribution in [3.8, 4) is 32.4 Å². The molecule has 180 valence electrons. The van der Waals surface area contributed by atoms with Crippen molar-refractivity contribution in [2.75, 3.05) is 27.2 Å². The largest absolute Gasteiger partial charge is 0.484 e. The van der Waals surface area contributed by atoms with Gasteiger partial charge >= 0.3 is 0 Å². The van der Waals surface area contributed by atoms with E-state index in [1.165, 1.54) is 32.0 Å². The van der Waals surface area contributed by atoms with Crippen LogP contribution < -0.4 is 20.1 Å². The van der Waals surface area contributed by atoms with Crippen molar-refractivity contribution in [2.45, 2.75) is 12.2 Å². The van der Waals surface area contributed by atoms with Crippen LogP contribution in [0.25, 0.3) is 20.9 Å². The number of rotatable bonds is 4.